The van der Waals surface area contributed by atoms with Gasteiger partial charge in [0.1, 0.15) is 5.82 Å². The zero-order valence-corrected chi connectivity index (χ0v) is 19.7. The molecule has 2 aromatic carbocycles. The molecule has 1 N–H and O–H groups in total. The zero-order chi connectivity index (χ0) is 26.4. The van der Waals surface area contributed by atoms with Gasteiger partial charge in [0.15, 0.2) is 0 Å². The van der Waals surface area contributed by atoms with Gasteiger partial charge in [-0.3, -0.25) is 9.59 Å². The van der Waals surface area contributed by atoms with Crippen LogP contribution in [0.1, 0.15) is 35.3 Å². The van der Waals surface area contributed by atoms with Crippen LogP contribution in [0.15, 0.2) is 79.3 Å². The molecule has 1 aliphatic rings. The van der Waals surface area contributed by atoms with Gasteiger partial charge < -0.3 is 5.32 Å². The van der Waals surface area contributed by atoms with Gasteiger partial charge in [-0.15, -0.1) is 0 Å². The quantitative estimate of drug-likeness (QED) is 0.382. The Morgan fingerprint density at radius 2 is 1.65 bits per heavy atom. The van der Waals surface area contributed by atoms with E-state index in [-0.39, 0.29) is 17.7 Å². The molecule has 0 saturated heterocycles. The first kappa shape index (κ1) is 24.1. The normalized spacial score (nSPS) is 14.4. The van der Waals surface area contributed by atoms with Crippen LogP contribution < -0.4 is 10.2 Å². The second-order valence-corrected chi connectivity index (χ2v) is 8.94. The number of carbonyl (C=O) groups is 2. The average molecular weight is 503 g/mol. The Kier molecular flexibility index (Phi) is 5.74. The molecule has 0 spiro atoms. The maximum absolute atomic E-state index is 13.9. The van der Waals surface area contributed by atoms with E-state index >= 15 is 0 Å². The summed E-state index contributed by atoms with van der Waals surface area (Å²) in [4.78, 5) is 40.2. The van der Waals surface area contributed by atoms with Gasteiger partial charge in [0.25, 0.3) is 5.91 Å². The number of halogens is 3. The Labute approximate surface area is 210 Å². The van der Waals surface area contributed by atoms with Crippen LogP contribution in [0.5, 0.6) is 0 Å². The van der Waals surface area contributed by atoms with Crippen molar-refractivity contribution in [2.24, 2.45) is 0 Å². The molecule has 1 aliphatic heterocycles. The minimum Gasteiger partial charge on any atom is -0.307 e. The molecular formula is C27H20F3N5O2. The van der Waals surface area contributed by atoms with E-state index in [1.807, 2.05) is 0 Å². The summed E-state index contributed by atoms with van der Waals surface area (Å²) in [5.41, 5.74) is -0.668. The number of rotatable bonds is 4. The number of pyridine rings is 1. The summed E-state index contributed by atoms with van der Waals surface area (Å²) in [6, 6.07) is 14.9. The van der Waals surface area contributed by atoms with E-state index in [2.05, 4.69) is 20.3 Å². The number of amides is 2. The topological polar surface area (TPSA) is 88.1 Å². The van der Waals surface area contributed by atoms with Crippen molar-refractivity contribution < 1.29 is 22.8 Å². The number of aromatic nitrogens is 3. The molecule has 7 nitrogen and oxygen atoms in total. The maximum atomic E-state index is 13.9. The molecule has 2 amide bonds. The fourth-order valence-electron chi connectivity index (χ4n) is 4.49. The molecule has 0 aliphatic carbocycles. The molecule has 0 saturated carbocycles. The van der Waals surface area contributed by atoms with E-state index in [1.54, 1.807) is 50.2 Å². The first-order valence-electron chi connectivity index (χ1n) is 11.3. The largest absolute Gasteiger partial charge is 0.417 e. The first-order valence-corrected chi connectivity index (χ1v) is 11.3. The highest BCUT2D eigenvalue weighted by molar-refractivity contribution is 6.13. The Balaban J connectivity index is 1.66. The third-order valence-corrected chi connectivity index (χ3v) is 6.19. The van der Waals surface area contributed by atoms with Gasteiger partial charge in [0, 0.05) is 18.6 Å². The summed E-state index contributed by atoms with van der Waals surface area (Å²) in [5.74, 6) is -0.910. The highest BCUT2D eigenvalue weighted by atomic mass is 19.4. The van der Waals surface area contributed by atoms with Crippen LogP contribution in [0.3, 0.4) is 0 Å². The van der Waals surface area contributed by atoms with Crippen LogP contribution in [-0.2, 0) is 16.4 Å². The van der Waals surface area contributed by atoms with Crippen LogP contribution in [0.4, 0.5) is 30.6 Å². The first-order chi connectivity index (χ1) is 17.6. The predicted molar refractivity (Wildman–Crippen MR) is 131 cm³/mol. The van der Waals surface area contributed by atoms with Crippen molar-refractivity contribution in [1.29, 1.82) is 0 Å². The van der Waals surface area contributed by atoms with E-state index in [0.717, 1.165) is 6.07 Å². The van der Waals surface area contributed by atoms with Crippen LogP contribution in [0.25, 0.3) is 11.1 Å². The van der Waals surface area contributed by atoms with Gasteiger partial charge in [0.2, 0.25) is 11.9 Å². The molecule has 0 fully saturated rings. The second kappa shape index (κ2) is 8.81. The fraction of sp³-hybridized carbons (Fsp3) is 0.148. The Morgan fingerprint density at radius 3 is 2.32 bits per heavy atom. The number of nitrogens with zero attached hydrogens (tertiary/aromatic N) is 4. The van der Waals surface area contributed by atoms with E-state index in [4.69, 9.17) is 0 Å². The summed E-state index contributed by atoms with van der Waals surface area (Å²) in [6.45, 7) is 3.47. The van der Waals surface area contributed by atoms with Crippen LogP contribution in [0.2, 0.25) is 0 Å². The van der Waals surface area contributed by atoms with Gasteiger partial charge >= 0.3 is 6.18 Å². The summed E-state index contributed by atoms with van der Waals surface area (Å²) < 4.78 is 41.6. The molecular weight excluding hydrogens is 483 g/mol. The standard InChI is InChI=1S/C27H20F3N5O2/c1-26(2)22-17(7-5-8-20(22)35(24(26)37)25-32-13-6-14-33-25)16-10-11-19(27(28,29)30)18(15-16)23(36)34-21-9-3-4-12-31-21/h3-15H,1-2H3,(H,31,34,36). The van der Waals surface area contributed by atoms with Crippen molar-refractivity contribution in [2.75, 3.05) is 10.2 Å². The third kappa shape index (κ3) is 4.20. The van der Waals surface area contributed by atoms with Crippen LogP contribution in [0, 0.1) is 0 Å². The van der Waals surface area contributed by atoms with Crippen molar-refractivity contribution in [3.8, 4) is 11.1 Å². The monoisotopic (exact) mass is 503 g/mol. The summed E-state index contributed by atoms with van der Waals surface area (Å²) >= 11 is 0. The number of hydrogen-bond donors (Lipinski definition) is 1. The lowest BCUT2D eigenvalue weighted by molar-refractivity contribution is -0.137. The molecule has 0 bridgehead atoms. The van der Waals surface area contributed by atoms with E-state index in [1.165, 1.54) is 41.7 Å². The molecule has 0 unspecified atom stereocenters. The van der Waals surface area contributed by atoms with Crippen molar-refractivity contribution in [2.45, 2.75) is 25.4 Å². The Morgan fingerprint density at radius 1 is 0.919 bits per heavy atom. The van der Waals surface area contributed by atoms with Gasteiger partial charge in [-0.05, 0) is 66.9 Å². The van der Waals surface area contributed by atoms with Crippen molar-refractivity contribution in [3.63, 3.8) is 0 Å². The molecule has 10 heteroatoms. The number of anilines is 3. The number of carbonyl (C=O) groups excluding carboxylic acids is 2. The number of hydrogen-bond acceptors (Lipinski definition) is 5. The highest BCUT2D eigenvalue weighted by Gasteiger charge is 2.47. The van der Waals surface area contributed by atoms with Crippen molar-refractivity contribution in [3.05, 3.63) is 95.9 Å². The number of fused-ring (bicyclic) bond motifs is 1. The number of alkyl halides is 3. The molecule has 2 aromatic heterocycles. The fourth-order valence-corrected chi connectivity index (χ4v) is 4.49. The van der Waals surface area contributed by atoms with E-state index in [0.29, 0.717) is 22.4 Å². The smallest absolute Gasteiger partial charge is 0.307 e. The predicted octanol–water partition coefficient (Wildman–Crippen LogP) is 5.77. The molecule has 37 heavy (non-hydrogen) atoms. The number of nitrogens with one attached hydrogen (secondary N) is 1. The molecule has 5 rings (SSSR count). The lowest BCUT2D eigenvalue weighted by Crippen LogP contribution is -2.34. The zero-order valence-electron chi connectivity index (χ0n) is 19.7. The molecule has 0 atom stereocenters. The van der Waals surface area contributed by atoms with Crippen LogP contribution >= 0.6 is 0 Å². The minimum absolute atomic E-state index is 0.122. The lowest BCUT2D eigenvalue weighted by Gasteiger charge is -2.20. The average Bonchev–Trinajstić information content (AvgIpc) is 3.09. The van der Waals surface area contributed by atoms with Crippen molar-refractivity contribution in [1.82, 2.24) is 15.0 Å². The third-order valence-electron chi connectivity index (χ3n) is 6.19. The SMILES string of the molecule is CC1(C)C(=O)N(c2ncccn2)c2cccc(-c3ccc(C(F)(F)F)c(C(=O)Nc4ccccn4)c3)c21. The van der Waals surface area contributed by atoms with E-state index in [9.17, 15) is 22.8 Å². The number of benzene rings is 2. The van der Waals surface area contributed by atoms with Gasteiger partial charge in [-0.25, -0.2) is 19.9 Å². The Bertz CT molecular complexity index is 1510. The summed E-state index contributed by atoms with van der Waals surface area (Å²) in [5, 5.41) is 2.42. The van der Waals surface area contributed by atoms with Gasteiger partial charge in [-0.1, -0.05) is 24.3 Å². The lowest BCUT2D eigenvalue weighted by atomic mass is 9.81. The van der Waals surface area contributed by atoms with Gasteiger partial charge in [-0.2, -0.15) is 13.2 Å². The highest BCUT2D eigenvalue weighted by Crippen LogP contribution is 2.49. The second-order valence-electron chi connectivity index (χ2n) is 8.94. The minimum atomic E-state index is -4.76. The van der Waals surface area contributed by atoms with Crippen LogP contribution in [-0.4, -0.2) is 26.8 Å². The molecule has 186 valence electrons. The molecule has 0 radical (unpaired) electrons. The molecule has 3 heterocycles. The van der Waals surface area contributed by atoms with Gasteiger partial charge in [0.05, 0.1) is 22.2 Å². The van der Waals surface area contributed by atoms with Crippen molar-refractivity contribution >= 4 is 29.3 Å². The Hall–Kier alpha value is -4.60. The molecule has 4 aromatic rings. The van der Waals surface area contributed by atoms with E-state index < -0.39 is 28.6 Å². The summed E-state index contributed by atoms with van der Waals surface area (Å²) in [7, 11) is 0. The maximum Gasteiger partial charge on any atom is 0.417 e. The summed E-state index contributed by atoms with van der Waals surface area (Å²) in [6.07, 6.45) is -0.296.